The highest BCUT2D eigenvalue weighted by Gasteiger charge is 2.18. The van der Waals surface area contributed by atoms with E-state index < -0.39 is 4.92 Å². The Morgan fingerprint density at radius 2 is 2.05 bits per heavy atom. The maximum atomic E-state index is 11.0. The van der Waals surface area contributed by atoms with Crippen LogP contribution in [-0.2, 0) is 0 Å². The van der Waals surface area contributed by atoms with Crippen molar-refractivity contribution in [3.05, 3.63) is 28.3 Å². The third-order valence-electron chi connectivity index (χ3n) is 3.84. The summed E-state index contributed by atoms with van der Waals surface area (Å²) in [4.78, 5) is 10.6. The molecule has 2 rings (SSSR count). The summed E-state index contributed by atoms with van der Waals surface area (Å²) in [6, 6.07) is 5.02. The zero-order valence-electron chi connectivity index (χ0n) is 11.1. The van der Waals surface area contributed by atoms with Crippen molar-refractivity contribution in [1.82, 2.24) is 0 Å². The van der Waals surface area contributed by atoms with Crippen molar-refractivity contribution >= 4 is 17.1 Å². The lowest BCUT2D eigenvalue weighted by atomic mass is 9.87. The second kappa shape index (κ2) is 6.41. The maximum Gasteiger partial charge on any atom is 0.314 e. The van der Waals surface area contributed by atoms with Crippen LogP contribution in [0, 0.1) is 16.0 Å². The van der Waals surface area contributed by atoms with Gasteiger partial charge in [-0.2, -0.15) is 0 Å². The Balaban J connectivity index is 1.92. The van der Waals surface area contributed by atoms with Crippen LogP contribution in [0.1, 0.15) is 38.5 Å². The largest absolute Gasteiger partial charge is 0.393 e. The first-order valence-electron chi connectivity index (χ1n) is 6.95. The fourth-order valence-corrected chi connectivity index (χ4v) is 2.79. The second-order valence-electron chi connectivity index (χ2n) is 5.22. The number of rotatable bonds is 5. The van der Waals surface area contributed by atoms with Crippen molar-refractivity contribution in [2.24, 2.45) is 5.92 Å². The number of nitro benzene ring substituents is 1. The van der Waals surface area contributed by atoms with E-state index in [1.165, 1.54) is 32.1 Å². The van der Waals surface area contributed by atoms with Gasteiger partial charge in [-0.3, -0.25) is 10.1 Å². The zero-order chi connectivity index (χ0) is 13.7. The number of nitrogens with two attached hydrogens (primary N) is 1. The third kappa shape index (κ3) is 3.59. The van der Waals surface area contributed by atoms with Gasteiger partial charge in [0.05, 0.1) is 4.92 Å². The molecule has 1 aromatic rings. The predicted octanol–water partition coefficient (Wildman–Crippen LogP) is 3.56. The zero-order valence-corrected chi connectivity index (χ0v) is 11.1. The average Bonchev–Trinajstić information content (AvgIpc) is 2.39. The molecule has 1 aliphatic carbocycles. The Kier molecular flexibility index (Phi) is 4.60. The van der Waals surface area contributed by atoms with Crippen LogP contribution in [-0.4, -0.2) is 11.5 Å². The van der Waals surface area contributed by atoms with Crippen molar-refractivity contribution < 1.29 is 4.92 Å². The summed E-state index contributed by atoms with van der Waals surface area (Å²) in [7, 11) is 0. The number of nitrogens with zero attached hydrogens (tertiary/aromatic N) is 1. The number of nitrogens with one attached hydrogen (secondary N) is 1. The molecule has 5 heteroatoms. The minimum atomic E-state index is -0.418. The van der Waals surface area contributed by atoms with Gasteiger partial charge in [0.1, 0.15) is 11.4 Å². The minimum absolute atomic E-state index is 0.00820. The van der Waals surface area contributed by atoms with Crippen molar-refractivity contribution in [3.63, 3.8) is 0 Å². The standard InChI is InChI=1S/C14H21N3O2/c15-12-7-4-8-13(14(12)17(18)19)16-10-9-11-5-2-1-3-6-11/h4,7-8,11,16H,1-3,5-6,9-10,15H2. The van der Waals surface area contributed by atoms with Gasteiger partial charge in [-0.1, -0.05) is 38.2 Å². The van der Waals surface area contributed by atoms with Crippen LogP contribution in [0.2, 0.25) is 0 Å². The van der Waals surface area contributed by atoms with Gasteiger partial charge in [0.2, 0.25) is 0 Å². The Bertz CT molecular complexity index is 442. The molecule has 0 heterocycles. The van der Waals surface area contributed by atoms with Crippen molar-refractivity contribution in [2.75, 3.05) is 17.6 Å². The van der Waals surface area contributed by atoms with E-state index in [1.807, 2.05) is 0 Å². The number of nitrogen functional groups attached to an aromatic ring is 1. The Morgan fingerprint density at radius 1 is 1.32 bits per heavy atom. The average molecular weight is 263 g/mol. The molecule has 1 saturated carbocycles. The second-order valence-corrected chi connectivity index (χ2v) is 5.22. The summed E-state index contributed by atoms with van der Waals surface area (Å²) < 4.78 is 0. The Hall–Kier alpha value is -1.78. The van der Waals surface area contributed by atoms with E-state index in [0.717, 1.165) is 18.9 Å². The molecule has 0 radical (unpaired) electrons. The topological polar surface area (TPSA) is 81.2 Å². The lowest BCUT2D eigenvalue weighted by molar-refractivity contribution is -0.383. The number of hydrogen-bond donors (Lipinski definition) is 2. The summed E-state index contributed by atoms with van der Waals surface area (Å²) in [5.41, 5.74) is 6.39. The predicted molar refractivity (Wildman–Crippen MR) is 77.2 cm³/mol. The monoisotopic (exact) mass is 263 g/mol. The first-order valence-corrected chi connectivity index (χ1v) is 6.95. The molecule has 1 aliphatic rings. The van der Waals surface area contributed by atoms with Crippen molar-refractivity contribution in [1.29, 1.82) is 0 Å². The molecule has 19 heavy (non-hydrogen) atoms. The van der Waals surface area contributed by atoms with Gasteiger partial charge in [0, 0.05) is 6.54 Å². The summed E-state index contributed by atoms with van der Waals surface area (Å²) in [5, 5.41) is 14.2. The fourth-order valence-electron chi connectivity index (χ4n) is 2.79. The molecule has 0 bridgehead atoms. The van der Waals surface area contributed by atoms with E-state index in [1.54, 1.807) is 18.2 Å². The number of para-hydroxylation sites is 1. The number of nitro groups is 1. The molecule has 0 aromatic heterocycles. The van der Waals surface area contributed by atoms with E-state index in [0.29, 0.717) is 5.69 Å². The van der Waals surface area contributed by atoms with Crippen molar-refractivity contribution in [2.45, 2.75) is 38.5 Å². The maximum absolute atomic E-state index is 11.0. The first kappa shape index (κ1) is 13.6. The summed E-state index contributed by atoms with van der Waals surface area (Å²) in [6.07, 6.45) is 7.66. The SMILES string of the molecule is Nc1cccc(NCCC2CCCCC2)c1[N+](=O)[O-]. The molecule has 3 N–H and O–H groups in total. The van der Waals surface area contributed by atoms with E-state index in [4.69, 9.17) is 5.73 Å². The highest BCUT2D eigenvalue weighted by atomic mass is 16.6. The Labute approximate surface area is 113 Å². The minimum Gasteiger partial charge on any atom is -0.393 e. The van der Waals surface area contributed by atoms with Crippen LogP contribution in [0.4, 0.5) is 17.1 Å². The Morgan fingerprint density at radius 3 is 2.74 bits per heavy atom. The molecule has 1 fully saturated rings. The van der Waals surface area contributed by atoms with E-state index in [-0.39, 0.29) is 11.4 Å². The number of hydrogen-bond acceptors (Lipinski definition) is 4. The molecule has 0 amide bonds. The summed E-state index contributed by atoms with van der Waals surface area (Å²) in [6.45, 7) is 0.773. The number of anilines is 2. The van der Waals surface area contributed by atoms with Crippen molar-refractivity contribution in [3.8, 4) is 0 Å². The lowest BCUT2D eigenvalue weighted by Crippen LogP contribution is -2.13. The van der Waals surface area contributed by atoms with Gasteiger partial charge in [-0.05, 0) is 24.5 Å². The molecule has 0 atom stereocenters. The molecular formula is C14H21N3O2. The van der Waals surface area contributed by atoms with E-state index >= 15 is 0 Å². The third-order valence-corrected chi connectivity index (χ3v) is 3.84. The van der Waals surface area contributed by atoms with Crippen LogP contribution in [0.25, 0.3) is 0 Å². The fraction of sp³-hybridized carbons (Fsp3) is 0.571. The molecular weight excluding hydrogens is 242 g/mol. The molecule has 1 aromatic carbocycles. The van der Waals surface area contributed by atoms with Crippen LogP contribution in [0.15, 0.2) is 18.2 Å². The van der Waals surface area contributed by atoms with Gasteiger partial charge >= 0.3 is 5.69 Å². The van der Waals surface area contributed by atoms with Crippen LogP contribution in [0.3, 0.4) is 0 Å². The molecule has 0 aliphatic heterocycles. The van der Waals surface area contributed by atoms with Gasteiger partial charge in [-0.25, -0.2) is 0 Å². The quantitative estimate of drug-likeness (QED) is 0.483. The highest BCUT2D eigenvalue weighted by molar-refractivity contribution is 5.74. The smallest absolute Gasteiger partial charge is 0.314 e. The van der Waals surface area contributed by atoms with Gasteiger partial charge in [0.25, 0.3) is 0 Å². The molecule has 0 spiro atoms. The van der Waals surface area contributed by atoms with Gasteiger partial charge in [-0.15, -0.1) is 0 Å². The van der Waals surface area contributed by atoms with Gasteiger partial charge in [0.15, 0.2) is 0 Å². The first-order chi connectivity index (χ1) is 9.18. The van der Waals surface area contributed by atoms with Crippen LogP contribution >= 0.6 is 0 Å². The molecule has 0 unspecified atom stereocenters. The van der Waals surface area contributed by atoms with E-state index in [9.17, 15) is 10.1 Å². The summed E-state index contributed by atoms with van der Waals surface area (Å²) in [5.74, 6) is 0.765. The number of benzene rings is 1. The van der Waals surface area contributed by atoms with Gasteiger partial charge < -0.3 is 11.1 Å². The normalized spacial score (nSPS) is 16.2. The molecule has 5 nitrogen and oxygen atoms in total. The molecule has 0 saturated heterocycles. The summed E-state index contributed by atoms with van der Waals surface area (Å²) >= 11 is 0. The lowest BCUT2D eigenvalue weighted by Gasteiger charge is -2.21. The highest BCUT2D eigenvalue weighted by Crippen LogP contribution is 2.31. The van der Waals surface area contributed by atoms with E-state index in [2.05, 4.69) is 5.32 Å². The molecule has 104 valence electrons. The van der Waals surface area contributed by atoms with Crippen LogP contribution < -0.4 is 11.1 Å². The van der Waals surface area contributed by atoms with Crippen LogP contribution in [0.5, 0.6) is 0 Å².